The number of carbonyl (C=O) groups is 2. The zero-order valence-corrected chi connectivity index (χ0v) is 15.1. The second-order valence-corrected chi connectivity index (χ2v) is 6.42. The molecule has 2 N–H and O–H groups in total. The van der Waals surface area contributed by atoms with Gasteiger partial charge in [0.25, 0.3) is 11.8 Å². The predicted molar refractivity (Wildman–Crippen MR) is 102 cm³/mol. The van der Waals surface area contributed by atoms with Gasteiger partial charge in [0.1, 0.15) is 16.5 Å². The maximum atomic E-state index is 12.7. The highest BCUT2D eigenvalue weighted by atomic mass is 35.5. The summed E-state index contributed by atoms with van der Waals surface area (Å²) in [6, 6.07) is 13.7. The summed E-state index contributed by atoms with van der Waals surface area (Å²) in [6.07, 6.45) is 3.15. The molecule has 2 aromatic carbocycles. The fraction of sp³-hybridized carbons (Fsp3) is 0.200. The Balaban J connectivity index is 1.83. The topological polar surface area (TPSA) is 69.6 Å². The molecule has 1 aliphatic heterocycles. The number of carbonyl (C=O) groups excluding carboxylic acids is 2. The van der Waals surface area contributed by atoms with Crippen LogP contribution in [0.25, 0.3) is 0 Å². The Morgan fingerprint density at radius 3 is 2.38 bits per heavy atom. The van der Waals surface area contributed by atoms with Crippen molar-refractivity contribution in [1.82, 2.24) is 0 Å². The van der Waals surface area contributed by atoms with Crippen LogP contribution < -0.4 is 10.2 Å². The Bertz CT molecular complexity index is 875. The van der Waals surface area contributed by atoms with E-state index in [2.05, 4.69) is 12.2 Å². The number of amides is 2. The van der Waals surface area contributed by atoms with Gasteiger partial charge >= 0.3 is 0 Å². The smallest absolute Gasteiger partial charge is 0.283 e. The van der Waals surface area contributed by atoms with Crippen LogP contribution in [0.3, 0.4) is 0 Å². The van der Waals surface area contributed by atoms with Gasteiger partial charge in [0.15, 0.2) is 0 Å². The summed E-state index contributed by atoms with van der Waals surface area (Å²) < 4.78 is 0. The molecule has 1 aliphatic rings. The quantitative estimate of drug-likeness (QED) is 0.591. The van der Waals surface area contributed by atoms with Gasteiger partial charge in [0.05, 0.1) is 11.4 Å². The SMILES string of the molecule is CCCCc1ccc(N2C(=O)C(Cl)=C(Nc3ccccc3O)C2=O)cc1. The van der Waals surface area contributed by atoms with E-state index in [1.165, 1.54) is 6.07 Å². The summed E-state index contributed by atoms with van der Waals surface area (Å²) in [4.78, 5) is 26.2. The van der Waals surface area contributed by atoms with E-state index in [1.54, 1.807) is 30.3 Å². The maximum Gasteiger partial charge on any atom is 0.283 e. The third-order valence-electron chi connectivity index (χ3n) is 4.20. The third kappa shape index (κ3) is 3.44. The number of benzene rings is 2. The van der Waals surface area contributed by atoms with E-state index >= 15 is 0 Å². The molecule has 0 aliphatic carbocycles. The Labute approximate surface area is 156 Å². The van der Waals surface area contributed by atoms with E-state index in [9.17, 15) is 14.7 Å². The Morgan fingerprint density at radius 2 is 1.73 bits per heavy atom. The largest absolute Gasteiger partial charge is 0.506 e. The maximum absolute atomic E-state index is 12.7. The number of aromatic hydroxyl groups is 1. The zero-order valence-electron chi connectivity index (χ0n) is 14.3. The van der Waals surface area contributed by atoms with Crippen molar-refractivity contribution in [1.29, 1.82) is 0 Å². The standard InChI is InChI=1S/C20H19ClN2O3/c1-2-3-6-13-9-11-14(12-10-13)23-19(25)17(21)18(20(23)26)22-15-7-4-5-8-16(15)24/h4-5,7-12,22,24H,2-3,6H2,1H3. The Kier molecular flexibility index (Phi) is 5.28. The van der Waals surface area contributed by atoms with Crippen LogP contribution >= 0.6 is 11.6 Å². The van der Waals surface area contributed by atoms with Crippen molar-refractivity contribution in [3.63, 3.8) is 0 Å². The van der Waals surface area contributed by atoms with Gasteiger partial charge in [-0.2, -0.15) is 0 Å². The number of rotatable bonds is 6. The molecule has 6 heteroatoms. The van der Waals surface area contributed by atoms with E-state index in [1.807, 2.05) is 12.1 Å². The monoisotopic (exact) mass is 370 g/mol. The number of aryl methyl sites for hydroxylation is 1. The average molecular weight is 371 g/mol. The number of para-hydroxylation sites is 2. The number of imide groups is 1. The van der Waals surface area contributed by atoms with Gasteiger partial charge in [-0.3, -0.25) is 9.59 Å². The first kappa shape index (κ1) is 18.0. The molecule has 3 rings (SSSR count). The molecule has 0 spiro atoms. The molecular formula is C20H19ClN2O3. The summed E-state index contributed by atoms with van der Waals surface area (Å²) in [7, 11) is 0. The first-order chi connectivity index (χ1) is 12.5. The molecule has 1 heterocycles. The van der Waals surface area contributed by atoms with Gasteiger partial charge in [-0.05, 0) is 42.7 Å². The molecule has 0 atom stereocenters. The van der Waals surface area contributed by atoms with Crippen molar-refractivity contribution in [3.05, 3.63) is 64.8 Å². The lowest BCUT2D eigenvalue weighted by Gasteiger charge is -2.16. The van der Waals surface area contributed by atoms with E-state index in [0.29, 0.717) is 11.4 Å². The van der Waals surface area contributed by atoms with Gasteiger partial charge in [0.2, 0.25) is 0 Å². The fourth-order valence-electron chi connectivity index (χ4n) is 2.75. The lowest BCUT2D eigenvalue weighted by atomic mass is 10.1. The number of phenolic OH excluding ortho intramolecular Hbond substituents is 1. The first-order valence-electron chi connectivity index (χ1n) is 8.45. The number of phenols is 1. The van der Waals surface area contributed by atoms with Crippen molar-refractivity contribution in [2.24, 2.45) is 0 Å². The molecule has 0 aromatic heterocycles. The van der Waals surface area contributed by atoms with Crippen LogP contribution in [-0.4, -0.2) is 16.9 Å². The summed E-state index contributed by atoms with van der Waals surface area (Å²) in [5.41, 5.74) is 1.88. The van der Waals surface area contributed by atoms with E-state index in [-0.39, 0.29) is 16.5 Å². The number of nitrogens with zero attached hydrogens (tertiary/aromatic N) is 1. The average Bonchev–Trinajstić information content (AvgIpc) is 2.86. The van der Waals surface area contributed by atoms with Gasteiger partial charge in [-0.15, -0.1) is 0 Å². The summed E-state index contributed by atoms with van der Waals surface area (Å²) >= 11 is 6.09. The van der Waals surface area contributed by atoms with Crippen molar-refractivity contribution >= 4 is 34.8 Å². The molecule has 0 saturated carbocycles. The molecule has 2 amide bonds. The minimum Gasteiger partial charge on any atom is -0.506 e. The highest BCUT2D eigenvalue weighted by Crippen LogP contribution is 2.32. The lowest BCUT2D eigenvalue weighted by Crippen LogP contribution is -2.32. The van der Waals surface area contributed by atoms with E-state index in [0.717, 1.165) is 29.7 Å². The van der Waals surface area contributed by atoms with E-state index < -0.39 is 11.8 Å². The summed E-state index contributed by atoms with van der Waals surface area (Å²) in [6.45, 7) is 2.13. The number of unbranched alkanes of at least 4 members (excludes halogenated alkanes) is 1. The second kappa shape index (κ2) is 7.62. The van der Waals surface area contributed by atoms with Crippen molar-refractivity contribution < 1.29 is 14.7 Å². The van der Waals surface area contributed by atoms with Crippen LogP contribution in [0.2, 0.25) is 0 Å². The molecule has 26 heavy (non-hydrogen) atoms. The molecule has 2 aromatic rings. The van der Waals surface area contributed by atoms with Gasteiger partial charge in [-0.25, -0.2) is 4.90 Å². The third-order valence-corrected chi connectivity index (χ3v) is 4.56. The molecule has 0 radical (unpaired) electrons. The number of hydrogen-bond donors (Lipinski definition) is 2. The van der Waals surface area contributed by atoms with Gasteiger partial charge < -0.3 is 10.4 Å². The predicted octanol–water partition coefficient (Wildman–Crippen LogP) is 4.17. The van der Waals surface area contributed by atoms with Crippen LogP contribution in [0.4, 0.5) is 11.4 Å². The first-order valence-corrected chi connectivity index (χ1v) is 8.83. The van der Waals surface area contributed by atoms with Crippen LogP contribution in [0.5, 0.6) is 5.75 Å². The van der Waals surface area contributed by atoms with Crippen molar-refractivity contribution in [2.75, 3.05) is 10.2 Å². The second-order valence-electron chi connectivity index (χ2n) is 6.05. The van der Waals surface area contributed by atoms with Crippen LogP contribution in [0, 0.1) is 0 Å². The van der Waals surface area contributed by atoms with Gasteiger partial charge in [-0.1, -0.05) is 49.2 Å². The normalized spacial score (nSPS) is 14.3. The fourth-order valence-corrected chi connectivity index (χ4v) is 2.97. The van der Waals surface area contributed by atoms with Gasteiger partial charge in [0, 0.05) is 0 Å². The van der Waals surface area contributed by atoms with Crippen molar-refractivity contribution in [3.8, 4) is 5.75 Å². The zero-order chi connectivity index (χ0) is 18.7. The van der Waals surface area contributed by atoms with Crippen molar-refractivity contribution in [2.45, 2.75) is 26.2 Å². The summed E-state index contributed by atoms with van der Waals surface area (Å²) in [5.74, 6) is -1.18. The minimum atomic E-state index is -0.587. The molecular weight excluding hydrogens is 352 g/mol. The highest BCUT2D eigenvalue weighted by Gasteiger charge is 2.39. The Hall–Kier alpha value is -2.79. The lowest BCUT2D eigenvalue weighted by molar-refractivity contribution is -0.120. The molecule has 0 unspecified atom stereocenters. The number of hydrogen-bond acceptors (Lipinski definition) is 4. The van der Waals surface area contributed by atoms with Crippen LogP contribution in [0.15, 0.2) is 59.3 Å². The molecule has 5 nitrogen and oxygen atoms in total. The number of nitrogens with one attached hydrogen (secondary N) is 1. The molecule has 0 saturated heterocycles. The van der Waals surface area contributed by atoms with Crippen LogP contribution in [-0.2, 0) is 16.0 Å². The molecule has 0 fully saturated rings. The van der Waals surface area contributed by atoms with Crippen LogP contribution in [0.1, 0.15) is 25.3 Å². The Morgan fingerprint density at radius 1 is 1.04 bits per heavy atom. The molecule has 0 bridgehead atoms. The number of anilines is 2. The minimum absolute atomic E-state index is 0.0385. The van der Waals surface area contributed by atoms with E-state index in [4.69, 9.17) is 11.6 Å². The molecule has 134 valence electrons. The number of halogens is 1. The summed E-state index contributed by atoms with van der Waals surface area (Å²) in [5, 5.41) is 12.4. The highest BCUT2D eigenvalue weighted by molar-refractivity contribution is 6.53.